The molecule has 0 radical (unpaired) electrons. The lowest BCUT2D eigenvalue weighted by atomic mass is 10.1. The average molecular weight is 320 g/mol. The molecule has 0 aliphatic carbocycles. The van der Waals surface area contributed by atoms with Gasteiger partial charge in [0.15, 0.2) is 0 Å². The van der Waals surface area contributed by atoms with Crippen molar-refractivity contribution in [2.75, 3.05) is 26.3 Å². The topological polar surface area (TPSA) is 51.7 Å². The molecule has 1 amide bonds. The van der Waals surface area contributed by atoms with Crippen molar-refractivity contribution in [3.63, 3.8) is 0 Å². The van der Waals surface area contributed by atoms with Crippen molar-refractivity contribution in [3.05, 3.63) is 23.9 Å². The van der Waals surface area contributed by atoms with E-state index in [1.807, 2.05) is 4.90 Å². The van der Waals surface area contributed by atoms with E-state index in [2.05, 4.69) is 32.7 Å². The van der Waals surface area contributed by atoms with E-state index in [0.29, 0.717) is 29.9 Å². The van der Waals surface area contributed by atoms with E-state index in [4.69, 9.17) is 9.47 Å². The van der Waals surface area contributed by atoms with E-state index in [0.717, 1.165) is 26.1 Å². The smallest absolute Gasteiger partial charge is 0.254 e. The van der Waals surface area contributed by atoms with Gasteiger partial charge in [0.2, 0.25) is 5.88 Å². The van der Waals surface area contributed by atoms with Gasteiger partial charge in [0.05, 0.1) is 13.2 Å². The Kier molecular flexibility index (Phi) is 6.39. The summed E-state index contributed by atoms with van der Waals surface area (Å²) >= 11 is 0. The summed E-state index contributed by atoms with van der Waals surface area (Å²) in [6, 6.07) is 3.50. The van der Waals surface area contributed by atoms with Gasteiger partial charge in [-0.3, -0.25) is 4.79 Å². The molecular weight excluding hydrogens is 292 g/mol. The van der Waals surface area contributed by atoms with Gasteiger partial charge in [-0.15, -0.1) is 0 Å². The van der Waals surface area contributed by atoms with Crippen molar-refractivity contribution in [3.8, 4) is 5.88 Å². The van der Waals surface area contributed by atoms with Crippen LogP contribution in [-0.2, 0) is 4.74 Å². The molecule has 2 rings (SSSR count). The normalized spacial score (nSPS) is 17.7. The Morgan fingerprint density at radius 1 is 1.35 bits per heavy atom. The maximum absolute atomic E-state index is 12.8. The Bertz CT molecular complexity index is 501. The number of hydrogen-bond acceptors (Lipinski definition) is 4. The Balaban J connectivity index is 2.09. The molecule has 1 fully saturated rings. The highest BCUT2D eigenvalue weighted by molar-refractivity contribution is 5.94. The molecule has 1 aromatic rings. The third kappa shape index (κ3) is 5.50. The fraction of sp³-hybridized carbons (Fsp3) is 0.667. The van der Waals surface area contributed by atoms with Gasteiger partial charge >= 0.3 is 0 Å². The van der Waals surface area contributed by atoms with Crippen LogP contribution in [0.2, 0.25) is 0 Å². The number of rotatable bonds is 7. The van der Waals surface area contributed by atoms with E-state index < -0.39 is 0 Å². The summed E-state index contributed by atoms with van der Waals surface area (Å²) in [5.74, 6) is 1.42. The Morgan fingerprint density at radius 2 is 2.04 bits per heavy atom. The maximum Gasteiger partial charge on any atom is 0.254 e. The molecular formula is C18H28N2O3. The average Bonchev–Trinajstić information content (AvgIpc) is 2.98. The van der Waals surface area contributed by atoms with Crippen LogP contribution < -0.4 is 4.74 Å². The number of nitrogens with zero attached hydrogens (tertiary/aromatic N) is 2. The highest BCUT2D eigenvalue weighted by Gasteiger charge is 2.21. The number of aromatic nitrogens is 1. The Labute approximate surface area is 139 Å². The second-order valence-corrected chi connectivity index (χ2v) is 6.98. The predicted molar refractivity (Wildman–Crippen MR) is 89.7 cm³/mol. The van der Waals surface area contributed by atoms with Crippen molar-refractivity contribution in [2.45, 2.75) is 40.2 Å². The summed E-state index contributed by atoms with van der Waals surface area (Å²) < 4.78 is 11.1. The monoisotopic (exact) mass is 320 g/mol. The van der Waals surface area contributed by atoms with E-state index in [1.165, 1.54) is 0 Å². The van der Waals surface area contributed by atoms with Crippen LogP contribution in [0.25, 0.3) is 0 Å². The van der Waals surface area contributed by atoms with Gasteiger partial charge in [-0.05, 0) is 17.9 Å². The van der Waals surface area contributed by atoms with Crippen LogP contribution in [0, 0.1) is 11.8 Å². The molecule has 5 nitrogen and oxygen atoms in total. The standard InChI is InChI=1S/C18H28N2O3/c1-13(2)10-20(11-14(3)4)18(21)15-5-7-19-17(9-15)23-16-6-8-22-12-16/h5,7,9,13-14,16H,6,8,10-12H2,1-4H3. The lowest BCUT2D eigenvalue weighted by Gasteiger charge is -2.26. The summed E-state index contributed by atoms with van der Waals surface area (Å²) in [7, 11) is 0. The first-order chi connectivity index (χ1) is 11.0. The Morgan fingerprint density at radius 3 is 2.61 bits per heavy atom. The molecule has 0 spiro atoms. The van der Waals surface area contributed by atoms with Gasteiger partial charge in [-0.1, -0.05) is 27.7 Å². The third-order valence-electron chi connectivity index (χ3n) is 3.62. The summed E-state index contributed by atoms with van der Waals surface area (Å²) in [6.45, 7) is 11.3. The van der Waals surface area contributed by atoms with Crippen LogP contribution >= 0.6 is 0 Å². The van der Waals surface area contributed by atoms with E-state index >= 15 is 0 Å². The van der Waals surface area contributed by atoms with Crippen molar-refractivity contribution < 1.29 is 14.3 Å². The first-order valence-corrected chi connectivity index (χ1v) is 8.45. The molecule has 0 bridgehead atoms. The second kappa shape index (κ2) is 8.29. The van der Waals surface area contributed by atoms with Crippen molar-refractivity contribution in [1.82, 2.24) is 9.88 Å². The Hall–Kier alpha value is -1.62. The predicted octanol–water partition coefficient (Wildman–Crippen LogP) is 3.00. The zero-order chi connectivity index (χ0) is 16.8. The lowest BCUT2D eigenvalue weighted by Crippen LogP contribution is -2.37. The molecule has 128 valence electrons. The molecule has 0 N–H and O–H groups in total. The molecule has 1 unspecified atom stereocenters. The largest absolute Gasteiger partial charge is 0.472 e. The third-order valence-corrected chi connectivity index (χ3v) is 3.62. The van der Waals surface area contributed by atoms with Gasteiger partial charge in [0.25, 0.3) is 5.91 Å². The number of hydrogen-bond donors (Lipinski definition) is 0. The molecule has 0 aromatic carbocycles. The minimum Gasteiger partial charge on any atom is -0.472 e. The molecule has 5 heteroatoms. The molecule has 2 heterocycles. The SMILES string of the molecule is CC(C)CN(CC(C)C)C(=O)c1ccnc(OC2CCOC2)c1. The minimum absolute atomic E-state index is 0.0373. The number of carbonyl (C=O) groups is 1. The number of ether oxygens (including phenoxy) is 2. The van der Waals surface area contributed by atoms with Crippen molar-refractivity contribution in [1.29, 1.82) is 0 Å². The first-order valence-electron chi connectivity index (χ1n) is 8.45. The van der Waals surface area contributed by atoms with E-state index in [-0.39, 0.29) is 12.0 Å². The summed E-state index contributed by atoms with van der Waals surface area (Å²) in [6.07, 6.45) is 2.55. The van der Waals surface area contributed by atoms with Crippen LogP contribution in [0.15, 0.2) is 18.3 Å². The summed E-state index contributed by atoms with van der Waals surface area (Å²) in [5, 5.41) is 0. The fourth-order valence-corrected chi connectivity index (χ4v) is 2.69. The molecule has 23 heavy (non-hydrogen) atoms. The van der Waals surface area contributed by atoms with Crippen LogP contribution in [0.1, 0.15) is 44.5 Å². The molecule has 0 saturated carbocycles. The van der Waals surface area contributed by atoms with Gasteiger partial charge in [0, 0.05) is 37.3 Å². The van der Waals surface area contributed by atoms with Crippen LogP contribution in [0.5, 0.6) is 5.88 Å². The molecule has 1 aliphatic heterocycles. The molecule has 1 aromatic heterocycles. The minimum atomic E-state index is 0.0373. The van der Waals surface area contributed by atoms with Gasteiger partial charge in [0.1, 0.15) is 6.10 Å². The van der Waals surface area contributed by atoms with E-state index in [9.17, 15) is 4.79 Å². The van der Waals surface area contributed by atoms with Crippen LogP contribution in [-0.4, -0.2) is 48.2 Å². The van der Waals surface area contributed by atoms with Crippen molar-refractivity contribution in [2.24, 2.45) is 11.8 Å². The quantitative estimate of drug-likeness (QED) is 0.775. The molecule has 1 atom stereocenters. The number of carbonyl (C=O) groups excluding carboxylic acids is 1. The van der Waals surface area contributed by atoms with Crippen molar-refractivity contribution >= 4 is 5.91 Å². The zero-order valence-corrected chi connectivity index (χ0v) is 14.6. The first kappa shape index (κ1) is 17.7. The zero-order valence-electron chi connectivity index (χ0n) is 14.6. The second-order valence-electron chi connectivity index (χ2n) is 6.98. The summed E-state index contributed by atoms with van der Waals surface area (Å²) in [5.41, 5.74) is 0.634. The van der Waals surface area contributed by atoms with Crippen LogP contribution in [0.4, 0.5) is 0 Å². The number of amides is 1. The highest BCUT2D eigenvalue weighted by atomic mass is 16.5. The van der Waals surface area contributed by atoms with Gasteiger partial charge in [-0.25, -0.2) is 4.98 Å². The van der Waals surface area contributed by atoms with E-state index in [1.54, 1.807) is 18.3 Å². The summed E-state index contributed by atoms with van der Waals surface area (Å²) in [4.78, 5) is 19.0. The fourth-order valence-electron chi connectivity index (χ4n) is 2.69. The van der Waals surface area contributed by atoms with Gasteiger partial charge in [-0.2, -0.15) is 0 Å². The lowest BCUT2D eigenvalue weighted by molar-refractivity contribution is 0.0714. The molecule has 1 aliphatic rings. The molecule has 1 saturated heterocycles. The highest BCUT2D eigenvalue weighted by Crippen LogP contribution is 2.17. The van der Waals surface area contributed by atoms with Crippen LogP contribution in [0.3, 0.4) is 0 Å². The number of pyridine rings is 1. The van der Waals surface area contributed by atoms with Gasteiger partial charge < -0.3 is 14.4 Å². The maximum atomic E-state index is 12.8.